The number of halogens is 1. The van der Waals surface area contributed by atoms with Gasteiger partial charge in [0.1, 0.15) is 10.2 Å². The Labute approximate surface area is 117 Å². The average Bonchev–Trinajstić information content (AvgIpc) is 2.81. The number of carboxylic acid groups (broad SMARTS) is 1. The van der Waals surface area contributed by atoms with Crippen molar-refractivity contribution in [3.05, 3.63) is 16.3 Å². The van der Waals surface area contributed by atoms with Crippen molar-refractivity contribution < 1.29 is 28.5 Å². The van der Waals surface area contributed by atoms with Gasteiger partial charge in [0.15, 0.2) is 11.3 Å². The van der Waals surface area contributed by atoms with E-state index in [0.29, 0.717) is 27.1 Å². The summed E-state index contributed by atoms with van der Waals surface area (Å²) in [5.74, 6) is -0.276. The van der Waals surface area contributed by atoms with Crippen LogP contribution >= 0.6 is 15.9 Å². The number of carbonyl (C=O) groups is 1. The van der Waals surface area contributed by atoms with Crippen molar-refractivity contribution >= 4 is 32.9 Å². The van der Waals surface area contributed by atoms with E-state index in [1.807, 2.05) is 0 Å². The maximum Gasteiger partial charge on any atom is 0.371 e. The van der Waals surface area contributed by atoms with Gasteiger partial charge in [-0.1, -0.05) is 0 Å². The second kappa shape index (κ2) is 5.00. The lowest BCUT2D eigenvalue weighted by Gasteiger charge is -2.13. The van der Waals surface area contributed by atoms with Crippen molar-refractivity contribution in [3.63, 3.8) is 0 Å². The molecule has 1 aromatic carbocycles. The Morgan fingerprint density at radius 3 is 2.21 bits per heavy atom. The van der Waals surface area contributed by atoms with Crippen molar-refractivity contribution in [2.75, 3.05) is 21.3 Å². The number of hydrogen-bond donors (Lipinski definition) is 1. The van der Waals surface area contributed by atoms with Crippen LogP contribution in [-0.4, -0.2) is 32.4 Å². The first-order valence-electron chi connectivity index (χ1n) is 5.19. The number of benzene rings is 1. The van der Waals surface area contributed by atoms with Gasteiger partial charge < -0.3 is 23.7 Å². The first kappa shape index (κ1) is 13.5. The zero-order valence-corrected chi connectivity index (χ0v) is 12.0. The zero-order valence-electron chi connectivity index (χ0n) is 10.4. The Kier molecular flexibility index (Phi) is 3.57. The van der Waals surface area contributed by atoms with Gasteiger partial charge in [-0.2, -0.15) is 0 Å². The number of methoxy groups -OCH3 is 3. The van der Waals surface area contributed by atoms with Gasteiger partial charge in [-0.25, -0.2) is 4.79 Å². The Balaban J connectivity index is 2.92. The molecule has 0 bridgehead atoms. The number of rotatable bonds is 4. The molecular formula is C12H11BrO6. The lowest BCUT2D eigenvalue weighted by Crippen LogP contribution is -1.95. The highest BCUT2D eigenvalue weighted by Crippen LogP contribution is 2.49. The van der Waals surface area contributed by atoms with Gasteiger partial charge in [0.05, 0.1) is 26.7 Å². The number of aromatic carboxylic acids is 1. The fourth-order valence-corrected chi connectivity index (χ4v) is 2.54. The van der Waals surface area contributed by atoms with Crippen LogP contribution in [0.25, 0.3) is 11.0 Å². The second-order valence-corrected chi connectivity index (χ2v) is 4.37. The van der Waals surface area contributed by atoms with Gasteiger partial charge in [-0.15, -0.1) is 0 Å². The molecule has 0 saturated heterocycles. The van der Waals surface area contributed by atoms with Crippen molar-refractivity contribution in [3.8, 4) is 17.2 Å². The van der Waals surface area contributed by atoms with Crippen LogP contribution in [0.3, 0.4) is 0 Å². The second-order valence-electron chi connectivity index (χ2n) is 3.57. The van der Waals surface area contributed by atoms with Crippen molar-refractivity contribution in [1.29, 1.82) is 0 Å². The van der Waals surface area contributed by atoms with E-state index in [2.05, 4.69) is 15.9 Å². The molecule has 0 atom stereocenters. The summed E-state index contributed by atoms with van der Waals surface area (Å²) in [6, 6.07) is 1.38. The molecule has 0 unspecified atom stereocenters. The van der Waals surface area contributed by atoms with Crippen LogP contribution in [-0.2, 0) is 0 Å². The van der Waals surface area contributed by atoms with Crippen LogP contribution in [0.4, 0.5) is 0 Å². The van der Waals surface area contributed by atoms with Gasteiger partial charge >= 0.3 is 5.97 Å². The van der Waals surface area contributed by atoms with Crippen LogP contribution in [0.5, 0.6) is 17.2 Å². The summed E-state index contributed by atoms with van der Waals surface area (Å²) in [6.45, 7) is 0. The summed E-state index contributed by atoms with van der Waals surface area (Å²) in [4.78, 5) is 11.0. The molecule has 0 spiro atoms. The SMILES string of the molecule is COc1c(Br)c(OC)c2cc(C(=O)O)oc2c1OC. The highest BCUT2D eigenvalue weighted by molar-refractivity contribution is 9.10. The van der Waals surface area contributed by atoms with Crippen LogP contribution < -0.4 is 14.2 Å². The third-order valence-electron chi connectivity index (χ3n) is 2.61. The highest BCUT2D eigenvalue weighted by atomic mass is 79.9. The molecule has 0 aliphatic heterocycles. The molecule has 0 aliphatic carbocycles. The Hall–Kier alpha value is -1.89. The van der Waals surface area contributed by atoms with E-state index in [9.17, 15) is 4.79 Å². The molecule has 6 nitrogen and oxygen atoms in total. The fourth-order valence-electron chi connectivity index (χ4n) is 1.83. The smallest absolute Gasteiger partial charge is 0.371 e. The first-order chi connectivity index (χ1) is 9.04. The lowest BCUT2D eigenvalue weighted by atomic mass is 10.2. The summed E-state index contributed by atoms with van der Waals surface area (Å²) in [7, 11) is 4.38. The van der Waals surface area contributed by atoms with Crippen LogP contribution in [0.1, 0.15) is 10.6 Å². The topological polar surface area (TPSA) is 78.1 Å². The van der Waals surface area contributed by atoms with Crippen molar-refractivity contribution in [2.24, 2.45) is 0 Å². The molecule has 2 aromatic rings. The standard InChI is InChI=1S/C12H11BrO6/c1-16-8-5-4-6(12(14)15)19-9(5)11(18-3)10(17-2)7(8)13/h4H,1-3H3,(H,14,15). The zero-order chi connectivity index (χ0) is 14.2. The largest absolute Gasteiger partial charge is 0.495 e. The number of hydrogen-bond acceptors (Lipinski definition) is 5. The minimum Gasteiger partial charge on any atom is -0.495 e. The Morgan fingerprint density at radius 1 is 1.16 bits per heavy atom. The summed E-state index contributed by atoms with van der Waals surface area (Å²) in [5, 5.41) is 9.48. The quantitative estimate of drug-likeness (QED) is 0.928. The molecule has 0 amide bonds. The molecule has 0 saturated carbocycles. The van der Waals surface area contributed by atoms with Crippen molar-refractivity contribution in [2.45, 2.75) is 0 Å². The molecule has 2 rings (SSSR count). The minimum absolute atomic E-state index is 0.202. The fraction of sp³-hybridized carbons (Fsp3) is 0.250. The molecule has 19 heavy (non-hydrogen) atoms. The maximum atomic E-state index is 11.0. The molecular weight excluding hydrogens is 320 g/mol. The van der Waals surface area contributed by atoms with E-state index in [1.165, 1.54) is 27.4 Å². The third kappa shape index (κ3) is 1.99. The third-order valence-corrected chi connectivity index (χ3v) is 3.33. The number of carboxylic acids is 1. The Bertz CT molecular complexity index is 645. The molecule has 1 N–H and O–H groups in total. The summed E-state index contributed by atoms with van der Waals surface area (Å²) in [5.41, 5.74) is 0.261. The van der Waals surface area contributed by atoms with E-state index < -0.39 is 5.97 Å². The predicted molar refractivity (Wildman–Crippen MR) is 70.5 cm³/mol. The number of fused-ring (bicyclic) bond motifs is 1. The molecule has 0 fully saturated rings. The molecule has 0 radical (unpaired) electrons. The van der Waals surface area contributed by atoms with Gasteiger partial charge in [-0.05, 0) is 15.9 Å². The Morgan fingerprint density at radius 2 is 1.74 bits per heavy atom. The predicted octanol–water partition coefficient (Wildman–Crippen LogP) is 2.92. The lowest BCUT2D eigenvalue weighted by molar-refractivity contribution is 0.0665. The molecule has 0 aliphatic rings. The van der Waals surface area contributed by atoms with E-state index in [1.54, 1.807) is 0 Å². The van der Waals surface area contributed by atoms with Crippen molar-refractivity contribution in [1.82, 2.24) is 0 Å². The van der Waals surface area contributed by atoms with Gasteiger partial charge in [0.25, 0.3) is 0 Å². The molecule has 1 aromatic heterocycles. The van der Waals surface area contributed by atoms with Gasteiger partial charge in [0.2, 0.25) is 11.5 Å². The normalized spacial score (nSPS) is 10.5. The molecule has 7 heteroatoms. The van der Waals surface area contributed by atoms with Crippen LogP contribution in [0, 0.1) is 0 Å². The van der Waals surface area contributed by atoms with E-state index in [0.717, 1.165) is 0 Å². The number of furan rings is 1. The molecule has 1 heterocycles. The highest BCUT2D eigenvalue weighted by Gasteiger charge is 2.25. The van der Waals surface area contributed by atoms with E-state index in [4.69, 9.17) is 23.7 Å². The van der Waals surface area contributed by atoms with E-state index >= 15 is 0 Å². The maximum absolute atomic E-state index is 11.0. The van der Waals surface area contributed by atoms with Gasteiger partial charge in [-0.3, -0.25) is 0 Å². The summed E-state index contributed by atoms with van der Waals surface area (Å²) >= 11 is 3.34. The van der Waals surface area contributed by atoms with E-state index in [-0.39, 0.29) is 11.3 Å². The first-order valence-corrected chi connectivity index (χ1v) is 5.98. The summed E-state index contributed by atoms with van der Waals surface area (Å²) < 4.78 is 21.5. The average molecular weight is 331 g/mol. The van der Waals surface area contributed by atoms with Crippen LogP contribution in [0.2, 0.25) is 0 Å². The van der Waals surface area contributed by atoms with Gasteiger partial charge in [0, 0.05) is 6.07 Å². The molecule has 102 valence electrons. The summed E-state index contributed by atoms with van der Waals surface area (Å²) in [6.07, 6.45) is 0. The minimum atomic E-state index is -1.17. The monoisotopic (exact) mass is 330 g/mol. The number of ether oxygens (including phenoxy) is 3. The van der Waals surface area contributed by atoms with Crippen LogP contribution in [0.15, 0.2) is 15.0 Å².